The van der Waals surface area contributed by atoms with Gasteiger partial charge in [-0.15, -0.1) is 0 Å². The van der Waals surface area contributed by atoms with Crippen LogP contribution in [-0.2, 0) is 23.6 Å². The molecule has 1 aliphatic rings. The van der Waals surface area contributed by atoms with Crippen LogP contribution in [0.3, 0.4) is 0 Å². The van der Waals surface area contributed by atoms with E-state index in [9.17, 15) is 8.42 Å². The van der Waals surface area contributed by atoms with Crippen LogP contribution in [0.25, 0.3) is 0 Å². The summed E-state index contributed by atoms with van der Waals surface area (Å²) >= 11 is 0. The maximum atomic E-state index is 12.4. The van der Waals surface area contributed by atoms with Gasteiger partial charge in [0.25, 0.3) is 0 Å². The monoisotopic (exact) mass is 335 g/mol. The number of nitrogens with one attached hydrogen (secondary N) is 1. The molecule has 3 heterocycles. The summed E-state index contributed by atoms with van der Waals surface area (Å²) in [7, 11) is -1.80. The highest BCUT2D eigenvalue weighted by Crippen LogP contribution is 2.16. The molecule has 1 atom stereocenters. The molecule has 1 N–H and O–H groups in total. The Labute approximate surface area is 136 Å². The first kappa shape index (κ1) is 16.1. The van der Waals surface area contributed by atoms with E-state index in [1.54, 1.807) is 13.2 Å². The second-order valence-corrected chi connectivity index (χ2v) is 7.62. The van der Waals surface area contributed by atoms with E-state index >= 15 is 0 Å². The van der Waals surface area contributed by atoms with E-state index in [0.29, 0.717) is 6.54 Å². The molecule has 1 saturated heterocycles. The van der Waals surface area contributed by atoms with Gasteiger partial charge >= 0.3 is 0 Å². The van der Waals surface area contributed by atoms with E-state index < -0.39 is 10.0 Å². The normalized spacial score (nSPS) is 19.8. The van der Waals surface area contributed by atoms with Crippen LogP contribution in [0.5, 0.6) is 0 Å². The van der Waals surface area contributed by atoms with Crippen molar-refractivity contribution >= 4 is 10.0 Å². The SMILES string of the molecule is Cn1cc(S(=O)(=O)N[C@H]2CCCN(Cc3cccnc3)C2)cn1. The van der Waals surface area contributed by atoms with E-state index in [2.05, 4.69) is 19.7 Å². The Kier molecular flexibility index (Phi) is 4.74. The number of likely N-dealkylation sites (tertiary alicyclic amines) is 1. The molecule has 0 amide bonds. The van der Waals surface area contributed by atoms with Crippen molar-refractivity contribution in [1.82, 2.24) is 24.4 Å². The van der Waals surface area contributed by atoms with E-state index in [1.807, 2.05) is 18.3 Å². The zero-order valence-corrected chi connectivity index (χ0v) is 13.9. The van der Waals surface area contributed by atoms with Gasteiger partial charge in [0.05, 0.1) is 6.20 Å². The average molecular weight is 335 g/mol. The van der Waals surface area contributed by atoms with Gasteiger partial charge in [-0.3, -0.25) is 14.6 Å². The van der Waals surface area contributed by atoms with Gasteiger partial charge in [-0.05, 0) is 31.0 Å². The zero-order valence-electron chi connectivity index (χ0n) is 13.1. The minimum Gasteiger partial charge on any atom is -0.297 e. The summed E-state index contributed by atoms with van der Waals surface area (Å²) in [5.74, 6) is 0. The van der Waals surface area contributed by atoms with Crippen molar-refractivity contribution in [3.05, 3.63) is 42.5 Å². The lowest BCUT2D eigenvalue weighted by Crippen LogP contribution is -2.47. The molecule has 2 aromatic heterocycles. The van der Waals surface area contributed by atoms with Crippen molar-refractivity contribution in [2.75, 3.05) is 13.1 Å². The van der Waals surface area contributed by atoms with E-state index in [1.165, 1.54) is 17.1 Å². The molecule has 0 bridgehead atoms. The first-order chi connectivity index (χ1) is 11.0. The fourth-order valence-corrected chi connectivity index (χ4v) is 4.11. The second kappa shape index (κ2) is 6.77. The van der Waals surface area contributed by atoms with Crippen LogP contribution >= 0.6 is 0 Å². The number of rotatable bonds is 5. The van der Waals surface area contributed by atoms with Crippen molar-refractivity contribution in [3.8, 4) is 0 Å². The lowest BCUT2D eigenvalue weighted by atomic mass is 10.1. The van der Waals surface area contributed by atoms with E-state index in [0.717, 1.165) is 31.5 Å². The molecule has 7 nitrogen and oxygen atoms in total. The molecule has 8 heteroatoms. The molecule has 3 rings (SSSR count). The van der Waals surface area contributed by atoms with Gasteiger partial charge in [-0.1, -0.05) is 6.07 Å². The maximum Gasteiger partial charge on any atom is 0.243 e. The number of sulfonamides is 1. The quantitative estimate of drug-likeness (QED) is 0.872. The Bertz CT molecular complexity index is 744. The van der Waals surface area contributed by atoms with Crippen LogP contribution in [-0.4, -0.2) is 47.2 Å². The Balaban J connectivity index is 1.62. The molecule has 0 spiro atoms. The predicted octanol–water partition coefficient (Wildman–Crippen LogP) is 0.758. The van der Waals surface area contributed by atoms with Gasteiger partial charge in [0.2, 0.25) is 10.0 Å². The summed E-state index contributed by atoms with van der Waals surface area (Å²) in [6.45, 7) is 2.47. The zero-order chi connectivity index (χ0) is 16.3. The summed E-state index contributed by atoms with van der Waals surface area (Å²) in [6.07, 6.45) is 8.31. The molecule has 0 unspecified atom stereocenters. The molecule has 0 radical (unpaired) electrons. The van der Waals surface area contributed by atoms with Gasteiger partial charge in [-0.2, -0.15) is 5.10 Å². The Hall–Kier alpha value is -1.77. The number of hydrogen-bond acceptors (Lipinski definition) is 5. The van der Waals surface area contributed by atoms with E-state index in [4.69, 9.17) is 0 Å². The Morgan fingerprint density at radius 2 is 2.26 bits per heavy atom. The topological polar surface area (TPSA) is 80.1 Å². The van der Waals surface area contributed by atoms with Gasteiger partial charge in [-0.25, -0.2) is 13.1 Å². The van der Waals surface area contributed by atoms with E-state index in [-0.39, 0.29) is 10.9 Å². The molecule has 2 aromatic rings. The van der Waals surface area contributed by atoms with Crippen molar-refractivity contribution in [2.45, 2.75) is 30.3 Å². The molecule has 0 aliphatic carbocycles. The minimum atomic E-state index is -3.51. The number of hydrogen-bond donors (Lipinski definition) is 1. The van der Waals surface area contributed by atoms with Crippen molar-refractivity contribution < 1.29 is 8.42 Å². The smallest absolute Gasteiger partial charge is 0.243 e. The van der Waals surface area contributed by atoms with Crippen LogP contribution in [0.4, 0.5) is 0 Å². The van der Waals surface area contributed by atoms with Gasteiger partial charge in [0.15, 0.2) is 0 Å². The lowest BCUT2D eigenvalue weighted by molar-refractivity contribution is 0.194. The molecule has 23 heavy (non-hydrogen) atoms. The summed E-state index contributed by atoms with van der Waals surface area (Å²) in [5, 5.41) is 3.93. The number of pyridine rings is 1. The molecular formula is C15H21N5O2S. The van der Waals surface area contributed by atoms with Crippen molar-refractivity contribution in [1.29, 1.82) is 0 Å². The van der Waals surface area contributed by atoms with Crippen LogP contribution < -0.4 is 4.72 Å². The fraction of sp³-hybridized carbons (Fsp3) is 0.467. The van der Waals surface area contributed by atoms with Gasteiger partial charge in [0.1, 0.15) is 4.90 Å². The highest BCUT2D eigenvalue weighted by Gasteiger charge is 2.26. The number of aromatic nitrogens is 3. The summed E-state index contributed by atoms with van der Waals surface area (Å²) in [6, 6.07) is 3.88. The Morgan fingerprint density at radius 3 is 2.96 bits per heavy atom. The molecule has 0 aromatic carbocycles. The average Bonchev–Trinajstić information content (AvgIpc) is 2.96. The molecule has 124 valence electrons. The van der Waals surface area contributed by atoms with Crippen LogP contribution in [0, 0.1) is 0 Å². The van der Waals surface area contributed by atoms with Crippen molar-refractivity contribution in [3.63, 3.8) is 0 Å². The molecule has 1 fully saturated rings. The Morgan fingerprint density at radius 1 is 1.39 bits per heavy atom. The number of piperidine rings is 1. The first-order valence-electron chi connectivity index (χ1n) is 7.65. The summed E-state index contributed by atoms with van der Waals surface area (Å²) in [4.78, 5) is 6.60. The summed E-state index contributed by atoms with van der Waals surface area (Å²) in [5.41, 5.74) is 1.14. The summed E-state index contributed by atoms with van der Waals surface area (Å²) < 4.78 is 29.1. The highest BCUT2D eigenvalue weighted by molar-refractivity contribution is 7.89. The fourth-order valence-electron chi connectivity index (χ4n) is 2.87. The van der Waals surface area contributed by atoms with Crippen LogP contribution in [0.15, 0.2) is 41.8 Å². The standard InChI is InChI=1S/C15H21N5O2S/c1-19-12-15(9-17-19)23(21,22)18-14-5-3-7-20(11-14)10-13-4-2-6-16-8-13/h2,4,6,8-9,12,14,18H,3,5,7,10-11H2,1H3/t14-/m0/s1. The maximum absolute atomic E-state index is 12.4. The van der Waals surface area contributed by atoms with Crippen molar-refractivity contribution in [2.24, 2.45) is 7.05 Å². The highest BCUT2D eigenvalue weighted by atomic mass is 32.2. The largest absolute Gasteiger partial charge is 0.297 e. The minimum absolute atomic E-state index is 0.0781. The predicted molar refractivity (Wildman–Crippen MR) is 86.1 cm³/mol. The number of aryl methyl sites for hydroxylation is 1. The first-order valence-corrected chi connectivity index (χ1v) is 9.13. The third-order valence-electron chi connectivity index (χ3n) is 3.95. The molecular weight excluding hydrogens is 314 g/mol. The molecule has 1 aliphatic heterocycles. The third-order valence-corrected chi connectivity index (χ3v) is 5.42. The second-order valence-electron chi connectivity index (χ2n) is 5.91. The third kappa shape index (κ3) is 4.15. The van der Waals surface area contributed by atoms with Gasteiger partial charge in [0, 0.05) is 44.8 Å². The van der Waals surface area contributed by atoms with Gasteiger partial charge < -0.3 is 0 Å². The lowest BCUT2D eigenvalue weighted by Gasteiger charge is -2.32. The molecule has 0 saturated carbocycles. The number of nitrogens with zero attached hydrogens (tertiary/aromatic N) is 4. The van der Waals surface area contributed by atoms with Crippen LogP contribution in [0.2, 0.25) is 0 Å². The van der Waals surface area contributed by atoms with Crippen LogP contribution in [0.1, 0.15) is 18.4 Å².